The Morgan fingerprint density at radius 2 is 1.85 bits per heavy atom. The molecule has 0 radical (unpaired) electrons. The molecule has 0 heterocycles. The van der Waals surface area contributed by atoms with Gasteiger partial charge in [0, 0.05) is 6.04 Å². The van der Waals surface area contributed by atoms with Gasteiger partial charge < -0.3 is 5.32 Å². The van der Waals surface area contributed by atoms with Crippen LogP contribution < -0.4 is 5.32 Å². The highest BCUT2D eigenvalue weighted by Crippen LogP contribution is 2.26. The lowest BCUT2D eigenvalue weighted by atomic mass is 9.97. The highest BCUT2D eigenvalue weighted by molar-refractivity contribution is 6.42. The smallest absolute Gasteiger partial charge is 0.126 e. The SMILES string of the molecule is CNC(Cc1ccc(Cl)c(Cl)c1)c1ccc(F)c(C)c1. The predicted octanol–water partition coefficient (Wildman–Crippen LogP) is 4.94. The number of aryl methyl sites for hydroxylation is 1. The van der Waals surface area contributed by atoms with Gasteiger partial charge in [-0.3, -0.25) is 0 Å². The van der Waals surface area contributed by atoms with E-state index in [0.29, 0.717) is 15.6 Å². The lowest BCUT2D eigenvalue weighted by Crippen LogP contribution is -2.19. The fourth-order valence-electron chi connectivity index (χ4n) is 2.17. The molecule has 4 heteroatoms. The summed E-state index contributed by atoms with van der Waals surface area (Å²) < 4.78 is 13.3. The van der Waals surface area contributed by atoms with Crippen LogP contribution >= 0.6 is 23.2 Å². The van der Waals surface area contributed by atoms with Crippen molar-refractivity contribution in [1.82, 2.24) is 5.32 Å². The number of nitrogens with one attached hydrogen (secondary N) is 1. The molecule has 0 fully saturated rings. The molecule has 0 bridgehead atoms. The van der Waals surface area contributed by atoms with Gasteiger partial charge in [-0.25, -0.2) is 4.39 Å². The zero-order chi connectivity index (χ0) is 14.7. The van der Waals surface area contributed by atoms with E-state index >= 15 is 0 Å². The maximum atomic E-state index is 13.3. The Bertz CT molecular complexity index is 613. The second-order valence-corrected chi connectivity index (χ2v) is 5.62. The van der Waals surface area contributed by atoms with Gasteiger partial charge in [0.1, 0.15) is 5.82 Å². The van der Waals surface area contributed by atoms with E-state index in [4.69, 9.17) is 23.2 Å². The zero-order valence-corrected chi connectivity index (χ0v) is 12.9. The van der Waals surface area contributed by atoms with Gasteiger partial charge in [-0.1, -0.05) is 41.4 Å². The first kappa shape index (κ1) is 15.3. The van der Waals surface area contributed by atoms with Crippen LogP contribution in [0.4, 0.5) is 4.39 Å². The van der Waals surface area contributed by atoms with Crippen molar-refractivity contribution in [3.05, 3.63) is 69.0 Å². The van der Waals surface area contributed by atoms with Crippen molar-refractivity contribution < 1.29 is 4.39 Å². The predicted molar refractivity (Wildman–Crippen MR) is 83.1 cm³/mol. The molecule has 2 aromatic carbocycles. The van der Waals surface area contributed by atoms with Crippen LogP contribution in [-0.4, -0.2) is 7.05 Å². The van der Waals surface area contributed by atoms with Crippen LogP contribution in [0.2, 0.25) is 10.0 Å². The van der Waals surface area contributed by atoms with Crippen molar-refractivity contribution in [2.75, 3.05) is 7.05 Å². The molecular weight excluding hydrogens is 296 g/mol. The number of hydrogen-bond donors (Lipinski definition) is 1. The molecule has 20 heavy (non-hydrogen) atoms. The summed E-state index contributed by atoms with van der Waals surface area (Å²) in [6.45, 7) is 1.77. The van der Waals surface area contributed by atoms with Crippen molar-refractivity contribution in [2.45, 2.75) is 19.4 Å². The van der Waals surface area contributed by atoms with Gasteiger partial charge in [0.15, 0.2) is 0 Å². The number of benzene rings is 2. The van der Waals surface area contributed by atoms with E-state index in [1.165, 1.54) is 6.07 Å². The maximum Gasteiger partial charge on any atom is 0.126 e. The molecule has 1 atom stereocenters. The molecule has 106 valence electrons. The monoisotopic (exact) mass is 311 g/mol. The molecule has 0 saturated carbocycles. The number of halogens is 3. The molecule has 0 amide bonds. The molecule has 0 aliphatic heterocycles. The first-order valence-corrected chi connectivity index (χ1v) is 7.14. The molecule has 2 aromatic rings. The Balaban J connectivity index is 2.23. The van der Waals surface area contributed by atoms with Gasteiger partial charge >= 0.3 is 0 Å². The Morgan fingerprint density at radius 3 is 2.45 bits per heavy atom. The average Bonchev–Trinajstić information content (AvgIpc) is 2.43. The van der Waals surface area contributed by atoms with Crippen LogP contribution in [0.5, 0.6) is 0 Å². The Morgan fingerprint density at radius 1 is 1.10 bits per heavy atom. The van der Waals surface area contributed by atoms with Gasteiger partial charge in [0.05, 0.1) is 10.0 Å². The minimum absolute atomic E-state index is 0.103. The third-order valence-corrected chi connectivity index (χ3v) is 4.10. The van der Waals surface area contributed by atoms with E-state index in [0.717, 1.165) is 17.5 Å². The standard InChI is InChI=1S/C16H16Cl2FN/c1-10-7-12(4-6-15(10)19)16(20-2)9-11-3-5-13(17)14(18)8-11/h3-8,16,20H,9H2,1-2H3. The Kier molecular flexibility index (Phi) is 5.03. The molecule has 1 N–H and O–H groups in total. The van der Waals surface area contributed by atoms with Crippen LogP contribution in [0.15, 0.2) is 36.4 Å². The third kappa shape index (κ3) is 3.51. The summed E-state index contributed by atoms with van der Waals surface area (Å²) in [5.74, 6) is -0.182. The van der Waals surface area contributed by atoms with E-state index in [9.17, 15) is 4.39 Å². The van der Waals surface area contributed by atoms with Crippen molar-refractivity contribution in [1.29, 1.82) is 0 Å². The van der Waals surface area contributed by atoms with Crippen LogP contribution in [0, 0.1) is 12.7 Å². The Hall–Kier alpha value is -1.09. The van der Waals surface area contributed by atoms with E-state index in [1.54, 1.807) is 19.1 Å². The molecule has 1 nitrogen and oxygen atoms in total. The normalized spacial score (nSPS) is 12.4. The second kappa shape index (κ2) is 6.57. The lowest BCUT2D eigenvalue weighted by molar-refractivity contribution is 0.583. The summed E-state index contributed by atoms with van der Waals surface area (Å²) >= 11 is 11.9. The van der Waals surface area contributed by atoms with Crippen LogP contribution in [0.1, 0.15) is 22.7 Å². The minimum Gasteiger partial charge on any atom is -0.313 e. The molecular formula is C16H16Cl2FN. The maximum absolute atomic E-state index is 13.3. The summed E-state index contributed by atoms with van der Waals surface area (Å²) in [5.41, 5.74) is 2.79. The quantitative estimate of drug-likeness (QED) is 0.843. The summed E-state index contributed by atoms with van der Waals surface area (Å²) in [4.78, 5) is 0. The van der Waals surface area contributed by atoms with E-state index in [1.807, 2.05) is 25.2 Å². The van der Waals surface area contributed by atoms with Crippen molar-refractivity contribution >= 4 is 23.2 Å². The van der Waals surface area contributed by atoms with Crippen LogP contribution in [0.3, 0.4) is 0 Å². The van der Waals surface area contributed by atoms with Gasteiger partial charge in [-0.05, 0) is 55.3 Å². The van der Waals surface area contributed by atoms with Gasteiger partial charge in [-0.2, -0.15) is 0 Å². The lowest BCUT2D eigenvalue weighted by Gasteiger charge is -2.18. The van der Waals surface area contributed by atoms with Crippen molar-refractivity contribution in [3.63, 3.8) is 0 Å². The fourth-order valence-corrected chi connectivity index (χ4v) is 2.49. The molecule has 0 aromatic heterocycles. The van der Waals surface area contributed by atoms with Gasteiger partial charge in [0.25, 0.3) is 0 Å². The highest BCUT2D eigenvalue weighted by atomic mass is 35.5. The van der Waals surface area contributed by atoms with Crippen molar-refractivity contribution in [2.24, 2.45) is 0 Å². The second-order valence-electron chi connectivity index (χ2n) is 4.80. The van der Waals surface area contributed by atoms with E-state index in [2.05, 4.69) is 5.32 Å². The molecule has 0 spiro atoms. The summed E-state index contributed by atoms with van der Waals surface area (Å²) in [5, 5.41) is 4.35. The van der Waals surface area contributed by atoms with Gasteiger partial charge in [0.2, 0.25) is 0 Å². The highest BCUT2D eigenvalue weighted by Gasteiger charge is 2.12. The third-order valence-electron chi connectivity index (χ3n) is 3.36. The fraction of sp³-hybridized carbons (Fsp3) is 0.250. The number of rotatable bonds is 4. The molecule has 0 aliphatic carbocycles. The largest absolute Gasteiger partial charge is 0.313 e. The van der Waals surface area contributed by atoms with Crippen molar-refractivity contribution in [3.8, 4) is 0 Å². The van der Waals surface area contributed by atoms with E-state index in [-0.39, 0.29) is 11.9 Å². The average molecular weight is 312 g/mol. The van der Waals surface area contributed by atoms with E-state index < -0.39 is 0 Å². The minimum atomic E-state index is -0.182. The molecule has 2 rings (SSSR count). The Labute approximate surface area is 128 Å². The van der Waals surface area contributed by atoms with Crippen LogP contribution in [0.25, 0.3) is 0 Å². The zero-order valence-electron chi connectivity index (χ0n) is 11.4. The number of likely N-dealkylation sites (N-methyl/N-ethyl adjacent to an activating group) is 1. The van der Waals surface area contributed by atoms with Gasteiger partial charge in [-0.15, -0.1) is 0 Å². The molecule has 0 saturated heterocycles. The summed E-state index contributed by atoms with van der Waals surface area (Å²) in [7, 11) is 1.89. The number of hydrogen-bond acceptors (Lipinski definition) is 1. The summed E-state index contributed by atoms with van der Waals surface area (Å²) in [6.07, 6.45) is 0.762. The molecule has 0 aliphatic rings. The first-order valence-electron chi connectivity index (χ1n) is 6.38. The van der Waals surface area contributed by atoms with Crippen LogP contribution in [-0.2, 0) is 6.42 Å². The summed E-state index contributed by atoms with van der Waals surface area (Å²) in [6, 6.07) is 10.9. The topological polar surface area (TPSA) is 12.0 Å². The first-order chi connectivity index (χ1) is 9.51. The molecule has 1 unspecified atom stereocenters.